The van der Waals surface area contributed by atoms with Crippen molar-refractivity contribution in [3.63, 3.8) is 0 Å². The zero-order valence-corrected chi connectivity index (χ0v) is 40.3. The number of fused-ring (bicyclic) bond motifs is 7. The average Bonchev–Trinajstić information content (AvgIpc) is 3.31. The third kappa shape index (κ3) is 8.11. The molecule has 14 N–H and O–H groups in total. The second-order valence-electron chi connectivity index (χ2n) is 23.5. The number of allylic oxidation sites excluding steroid dienone is 1. The minimum atomic E-state index is -1.88. The predicted octanol–water partition coefficient (Wildman–Crippen LogP) is -2.95. The quantitative estimate of drug-likeness (QED) is 0.0591. The number of hydrogen-bond acceptors (Lipinski definition) is 21. The molecule has 26 atom stereocenters. The van der Waals surface area contributed by atoms with E-state index in [0.717, 1.165) is 5.57 Å². The molecule has 5 aliphatic carbocycles. The molecule has 0 aromatic rings. The second-order valence-corrected chi connectivity index (χ2v) is 23.5. The van der Waals surface area contributed by atoms with Crippen LogP contribution >= 0.6 is 0 Å². The van der Waals surface area contributed by atoms with Gasteiger partial charge in [-0.1, -0.05) is 53.2 Å². The van der Waals surface area contributed by atoms with E-state index in [1.165, 1.54) is 0 Å². The van der Waals surface area contributed by atoms with Gasteiger partial charge in [-0.25, -0.2) is 0 Å². The van der Waals surface area contributed by atoms with Gasteiger partial charge in [0.25, 0.3) is 0 Å². The Morgan fingerprint density at radius 2 is 1.16 bits per heavy atom. The van der Waals surface area contributed by atoms with Gasteiger partial charge in [-0.3, -0.25) is 4.79 Å². The van der Waals surface area contributed by atoms with Crippen molar-refractivity contribution >= 4 is 5.97 Å². The number of rotatable bonds is 10. The molecule has 69 heavy (non-hydrogen) atoms. The molecule has 0 unspecified atom stereocenters. The minimum Gasteiger partial charge on any atom is -0.432 e. The van der Waals surface area contributed by atoms with Gasteiger partial charge < -0.3 is 99.9 Å². The van der Waals surface area contributed by atoms with Crippen molar-refractivity contribution in [1.82, 2.24) is 0 Å². The summed E-state index contributed by atoms with van der Waals surface area (Å²) in [6.07, 6.45) is -22.9. The van der Waals surface area contributed by atoms with Crippen LogP contribution in [0, 0.1) is 50.2 Å². The van der Waals surface area contributed by atoms with Crippen LogP contribution in [0.2, 0.25) is 0 Å². The molecule has 4 saturated carbocycles. The Bertz CT molecular complexity index is 1890. The normalized spacial score (nSPS) is 55.1. The standard InChI is InChI=1S/C48H78O21/c1-43(2)11-13-48(42(63)69-40-34(60)32(58)29(55)23(17-50)65-40)14-12-46(5)20(27(48)37(43)62)7-8-26-44(3)15-21(53)38(45(4,19-52)25(44)9-10-47(26,46)6)68-41-35(61)36(30(56)24(18-51)66-41)67-39-33(59)31(57)28(54)22(16-49)64-39/h7,21-41,49-62H,8-19H2,1-6H3/t21-,22-,23-,24-,25-,26-,27-,28+,29-,30-,31+,32+,33-,34-,35-,36+,37-,38+,39+,40+,41+,44+,45+,46-,47-,48+/m1/s1. The first-order chi connectivity index (χ1) is 32.3. The molecule has 8 aliphatic rings. The highest BCUT2D eigenvalue weighted by atomic mass is 16.7. The topological polar surface area (TPSA) is 356 Å². The van der Waals surface area contributed by atoms with Gasteiger partial charge in [-0.15, -0.1) is 0 Å². The lowest BCUT2D eigenvalue weighted by Crippen LogP contribution is -2.70. The molecule has 0 amide bonds. The van der Waals surface area contributed by atoms with Crippen molar-refractivity contribution < 1.29 is 105 Å². The van der Waals surface area contributed by atoms with Crippen LogP contribution in [0.3, 0.4) is 0 Å². The van der Waals surface area contributed by atoms with Crippen LogP contribution in [0.25, 0.3) is 0 Å². The number of hydrogen-bond donors (Lipinski definition) is 14. The molecule has 3 aliphatic heterocycles. The van der Waals surface area contributed by atoms with Gasteiger partial charge in [0.1, 0.15) is 73.2 Å². The fourth-order valence-corrected chi connectivity index (χ4v) is 15.2. The molecule has 8 rings (SSSR count). The van der Waals surface area contributed by atoms with Gasteiger partial charge in [0.2, 0.25) is 6.29 Å². The highest BCUT2D eigenvalue weighted by molar-refractivity contribution is 5.79. The van der Waals surface area contributed by atoms with Crippen LogP contribution in [0.5, 0.6) is 0 Å². The van der Waals surface area contributed by atoms with E-state index in [9.17, 15) is 76.3 Å². The third-order valence-corrected chi connectivity index (χ3v) is 19.6. The number of esters is 1. The third-order valence-electron chi connectivity index (χ3n) is 19.6. The number of carbonyl (C=O) groups is 1. The van der Waals surface area contributed by atoms with E-state index in [1.54, 1.807) is 0 Å². The predicted molar refractivity (Wildman–Crippen MR) is 234 cm³/mol. The molecule has 3 saturated heterocycles. The molecule has 21 heteroatoms. The van der Waals surface area contributed by atoms with Crippen molar-refractivity contribution in [3.8, 4) is 0 Å². The van der Waals surface area contributed by atoms with E-state index in [1.807, 2.05) is 20.8 Å². The minimum absolute atomic E-state index is 0.108. The molecule has 0 bridgehead atoms. The van der Waals surface area contributed by atoms with E-state index in [4.69, 9.17) is 28.4 Å². The van der Waals surface area contributed by atoms with E-state index in [-0.39, 0.29) is 18.3 Å². The number of carbonyl (C=O) groups excluding carboxylic acids is 1. The summed E-state index contributed by atoms with van der Waals surface area (Å²) in [6, 6.07) is 0. The van der Waals surface area contributed by atoms with Crippen molar-refractivity contribution in [1.29, 1.82) is 0 Å². The SMILES string of the molecule is CC1(C)CC[C@]2(C(=O)O[C@@H]3O[C@H](CO)[C@@H](O)[C@H](O)[C@H]3O)CC[C@]3(C)C(=CC[C@@H]4[C@@]5(C)C[C@@H](O)[C@H](O[C@@H]6O[C@H](CO)[C@@H](O)[C@H](O[C@@H]7O[C@H](CO)[C@H](O)[C@H](O)[C@H]7O)[C@H]6O)[C@@](C)(CO)[C@@H]5CC[C@]43C)[C@@H]2[C@H]1O. The van der Waals surface area contributed by atoms with Gasteiger partial charge >= 0.3 is 5.97 Å². The smallest absolute Gasteiger partial charge is 0.315 e. The summed E-state index contributed by atoms with van der Waals surface area (Å²) >= 11 is 0. The highest BCUT2D eigenvalue weighted by Crippen LogP contribution is 2.76. The molecule has 0 aromatic heterocycles. The van der Waals surface area contributed by atoms with Crippen molar-refractivity contribution in [2.24, 2.45) is 50.2 Å². The van der Waals surface area contributed by atoms with Crippen LogP contribution in [0.15, 0.2) is 11.6 Å². The second kappa shape index (κ2) is 19.0. The lowest BCUT2D eigenvalue weighted by atomic mass is 9.33. The summed E-state index contributed by atoms with van der Waals surface area (Å²) in [7, 11) is 0. The molecule has 21 nitrogen and oxygen atoms in total. The maximum atomic E-state index is 14.7. The van der Waals surface area contributed by atoms with Crippen molar-refractivity contribution in [2.45, 2.75) is 203 Å². The molecular weight excluding hydrogens is 913 g/mol. The molecule has 7 fully saturated rings. The maximum absolute atomic E-state index is 14.7. The van der Waals surface area contributed by atoms with Gasteiger partial charge in [-0.05, 0) is 84.9 Å². The Morgan fingerprint density at radius 3 is 1.74 bits per heavy atom. The molecule has 0 aromatic carbocycles. The Kier molecular flexibility index (Phi) is 14.8. The number of aliphatic hydroxyl groups is 14. The summed E-state index contributed by atoms with van der Waals surface area (Å²) in [6.45, 7) is 9.57. The first-order valence-electron chi connectivity index (χ1n) is 24.7. The molecule has 0 radical (unpaired) electrons. The van der Waals surface area contributed by atoms with Crippen LogP contribution < -0.4 is 0 Å². The fourth-order valence-electron chi connectivity index (χ4n) is 15.2. The van der Waals surface area contributed by atoms with Gasteiger partial charge in [-0.2, -0.15) is 0 Å². The Hall–Kier alpha value is -1.55. The Balaban J connectivity index is 1.07. The highest BCUT2D eigenvalue weighted by Gasteiger charge is 2.72. The van der Waals surface area contributed by atoms with Crippen LogP contribution in [0.4, 0.5) is 0 Å². The summed E-state index contributed by atoms with van der Waals surface area (Å²) in [4.78, 5) is 14.7. The van der Waals surface area contributed by atoms with E-state index < -0.39 is 181 Å². The van der Waals surface area contributed by atoms with Gasteiger partial charge in [0, 0.05) is 11.3 Å². The molecule has 0 spiro atoms. The van der Waals surface area contributed by atoms with E-state index >= 15 is 0 Å². The molecule has 396 valence electrons. The van der Waals surface area contributed by atoms with E-state index in [0.29, 0.717) is 44.9 Å². The Morgan fingerprint density at radius 1 is 0.623 bits per heavy atom. The zero-order valence-electron chi connectivity index (χ0n) is 40.3. The van der Waals surface area contributed by atoms with E-state index in [2.05, 4.69) is 26.8 Å². The first-order valence-corrected chi connectivity index (χ1v) is 24.7. The van der Waals surface area contributed by atoms with Crippen LogP contribution in [-0.2, 0) is 33.2 Å². The molecule has 3 heterocycles. The number of aliphatic hydroxyl groups excluding tert-OH is 14. The lowest BCUT2D eigenvalue weighted by molar-refractivity contribution is -0.375. The first kappa shape index (κ1) is 53.7. The largest absolute Gasteiger partial charge is 0.432 e. The summed E-state index contributed by atoms with van der Waals surface area (Å²) in [5, 5.41) is 152. The van der Waals surface area contributed by atoms with Crippen molar-refractivity contribution in [2.75, 3.05) is 26.4 Å². The Labute approximate surface area is 401 Å². The average molecular weight is 991 g/mol. The maximum Gasteiger partial charge on any atom is 0.315 e. The zero-order chi connectivity index (χ0) is 50.7. The van der Waals surface area contributed by atoms with Gasteiger partial charge in [0.15, 0.2) is 12.6 Å². The van der Waals surface area contributed by atoms with Crippen molar-refractivity contribution in [3.05, 3.63) is 11.6 Å². The fraction of sp³-hybridized carbons (Fsp3) is 0.938. The van der Waals surface area contributed by atoms with Crippen LogP contribution in [0.1, 0.15) is 92.9 Å². The number of ether oxygens (including phenoxy) is 6. The summed E-state index contributed by atoms with van der Waals surface area (Å²) in [5.41, 5.74) is -3.85. The monoisotopic (exact) mass is 991 g/mol. The lowest BCUT2D eigenvalue weighted by Gasteiger charge is -2.72. The summed E-state index contributed by atoms with van der Waals surface area (Å²) < 4.78 is 35.1. The van der Waals surface area contributed by atoms with Crippen LogP contribution in [-0.4, -0.2) is 214 Å². The molecular formula is C48H78O21. The summed E-state index contributed by atoms with van der Waals surface area (Å²) in [5.74, 6) is -1.83. The van der Waals surface area contributed by atoms with Gasteiger partial charge in [0.05, 0.1) is 50.2 Å².